The Morgan fingerprint density at radius 1 is 0.833 bits per heavy atom. The molecule has 4 rings (SSSR count). The Labute approximate surface area is 216 Å². The SMILES string of the molecule is CC1CC(C(=O)NN)CCN1Cc1ccccc1.COC(=O)C1CCN(Cc2ccccc2)C(C)C1. The highest BCUT2D eigenvalue weighted by molar-refractivity contribution is 5.78. The second kappa shape index (κ2) is 14.1. The molecular formula is C29H42N4O3. The number of nitrogens with two attached hydrogens (primary N) is 1. The van der Waals surface area contributed by atoms with E-state index in [9.17, 15) is 9.59 Å². The number of rotatable bonds is 6. The Hall–Kier alpha value is -2.74. The largest absolute Gasteiger partial charge is 0.469 e. The highest BCUT2D eigenvalue weighted by Crippen LogP contribution is 2.26. The molecule has 196 valence electrons. The van der Waals surface area contributed by atoms with E-state index in [2.05, 4.69) is 77.6 Å². The number of nitrogens with one attached hydrogen (secondary N) is 1. The zero-order chi connectivity index (χ0) is 25.9. The van der Waals surface area contributed by atoms with Gasteiger partial charge in [0.2, 0.25) is 5.91 Å². The Balaban J connectivity index is 0.000000201. The highest BCUT2D eigenvalue weighted by atomic mass is 16.5. The van der Waals surface area contributed by atoms with E-state index in [1.807, 2.05) is 12.1 Å². The van der Waals surface area contributed by atoms with E-state index in [0.29, 0.717) is 12.1 Å². The third-order valence-electron chi connectivity index (χ3n) is 7.53. The number of amides is 1. The number of piperidine rings is 2. The molecule has 2 heterocycles. The Kier molecular flexibility index (Phi) is 10.9. The summed E-state index contributed by atoms with van der Waals surface area (Å²) < 4.78 is 4.83. The number of nitrogens with zero attached hydrogens (tertiary/aromatic N) is 2. The first kappa shape index (κ1) is 27.8. The molecule has 2 aliphatic heterocycles. The average Bonchev–Trinajstić information content (AvgIpc) is 2.91. The van der Waals surface area contributed by atoms with Crippen molar-refractivity contribution in [3.8, 4) is 0 Å². The third-order valence-corrected chi connectivity index (χ3v) is 7.53. The van der Waals surface area contributed by atoms with Crippen molar-refractivity contribution in [2.45, 2.75) is 64.7 Å². The number of ether oxygens (including phenoxy) is 1. The first-order valence-corrected chi connectivity index (χ1v) is 13.1. The predicted molar refractivity (Wildman–Crippen MR) is 142 cm³/mol. The Bertz CT molecular complexity index is 863. The van der Waals surface area contributed by atoms with Gasteiger partial charge in [0.1, 0.15) is 0 Å². The second-order valence-corrected chi connectivity index (χ2v) is 10.1. The standard InChI is InChI=1S/C15H21NO2.C14H21N3O/c1-12-10-14(15(17)18-2)8-9-16(12)11-13-6-4-3-5-7-13;1-11-9-13(14(18)16-15)7-8-17(11)10-12-5-3-2-4-6-12/h3-7,12,14H,8-11H2,1-2H3;2-6,11,13H,7-10,15H2,1H3,(H,16,18). The summed E-state index contributed by atoms with van der Waals surface area (Å²) in [6.45, 7) is 8.22. The van der Waals surface area contributed by atoms with Crippen molar-refractivity contribution in [2.24, 2.45) is 17.7 Å². The lowest BCUT2D eigenvalue weighted by Gasteiger charge is -2.36. The molecule has 7 nitrogen and oxygen atoms in total. The van der Waals surface area contributed by atoms with Crippen LogP contribution in [-0.2, 0) is 27.4 Å². The molecule has 0 aromatic heterocycles. The van der Waals surface area contributed by atoms with Crippen LogP contribution in [0.5, 0.6) is 0 Å². The number of likely N-dealkylation sites (tertiary alicyclic amines) is 2. The number of hydrogen-bond donors (Lipinski definition) is 2. The van der Waals surface area contributed by atoms with Gasteiger partial charge in [-0.1, -0.05) is 60.7 Å². The van der Waals surface area contributed by atoms with Crippen molar-refractivity contribution < 1.29 is 14.3 Å². The molecule has 0 radical (unpaired) electrons. The number of esters is 1. The molecule has 7 heteroatoms. The molecule has 2 saturated heterocycles. The van der Waals surface area contributed by atoms with Crippen LogP contribution in [0.1, 0.15) is 50.7 Å². The van der Waals surface area contributed by atoms with Gasteiger partial charge in [0.15, 0.2) is 0 Å². The van der Waals surface area contributed by atoms with Crippen molar-refractivity contribution in [1.29, 1.82) is 0 Å². The normalized spacial score (nSPS) is 24.8. The average molecular weight is 495 g/mol. The number of benzene rings is 2. The van der Waals surface area contributed by atoms with E-state index in [4.69, 9.17) is 10.6 Å². The van der Waals surface area contributed by atoms with Gasteiger partial charge in [-0.15, -0.1) is 0 Å². The summed E-state index contributed by atoms with van der Waals surface area (Å²) in [6.07, 6.45) is 3.58. The van der Waals surface area contributed by atoms with E-state index >= 15 is 0 Å². The maximum atomic E-state index is 11.5. The minimum absolute atomic E-state index is 0.0267. The second-order valence-electron chi connectivity index (χ2n) is 10.1. The van der Waals surface area contributed by atoms with E-state index in [1.54, 1.807) is 0 Å². The number of methoxy groups -OCH3 is 1. The van der Waals surface area contributed by atoms with Crippen LogP contribution in [0.2, 0.25) is 0 Å². The number of carbonyl (C=O) groups is 2. The summed E-state index contributed by atoms with van der Waals surface area (Å²) in [5.74, 6) is 5.26. The fourth-order valence-corrected chi connectivity index (χ4v) is 5.28. The van der Waals surface area contributed by atoms with Crippen LogP contribution in [0.25, 0.3) is 0 Å². The van der Waals surface area contributed by atoms with Crippen molar-refractivity contribution in [3.05, 3.63) is 71.8 Å². The van der Waals surface area contributed by atoms with Gasteiger partial charge in [-0.3, -0.25) is 24.8 Å². The number of hydrogen-bond acceptors (Lipinski definition) is 6. The van der Waals surface area contributed by atoms with Crippen LogP contribution in [0.15, 0.2) is 60.7 Å². The minimum atomic E-state index is -0.0544. The molecular weight excluding hydrogens is 452 g/mol. The van der Waals surface area contributed by atoms with Gasteiger partial charge in [0.25, 0.3) is 0 Å². The molecule has 2 aliphatic rings. The molecule has 0 aliphatic carbocycles. The van der Waals surface area contributed by atoms with Crippen LogP contribution in [0.3, 0.4) is 0 Å². The van der Waals surface area contributed by atoms with Crippen molar-refractivity contribution in [1.82, 2.24) is 15.2 Å². The van der Waals surface area contributed by atoms with Crippen LogP contribution >= 0.6 is 0 Å². The van der Waals surface area contributed by atoms with Crippen molar-refractivity contribution >= 4 is 11.9 Å². The molecule has 2 aromatic carbocycles. The van der Waals surface area contributed by atoms with Crippen molar-refractivity contribution in [2.75, 3.05) is 20.2 Å². The summed E-state index contributed by atoms with van der Waals surface area (Å²) >= 11 is 0. The lowest BCUT2D eigenvalue weighted by Crippen LogP contribution is -2.46. The quantitative estimate of drug-likeness (QED) is 0.275. The van der Waals surface area contributed by atoms with Crippen LogP contribution in [0.4, 0.5) is 0 Å². The fourth-order valence-electron chi connectivity index (χ4n) is 5.28. The van der Waals surface area contributed by atoms with Crippen LogP contribution < -0.4 is 11.3 Å². The van der Waals surface area contributed by atoms with E-state index in [-0.39, 0.29) is 23.7 Å². The third kappa shape index (κ3) is 8.15. The van der Waals surface area contributed by atoms with Crippen LogP contribution in [-0.4, -0.2) is 54.0 Å². The van der Waals surface area contributed by atoms with Gasteiger partial charge < -0.3 is 4.74 Å². The van der Waals surface area contributed by atoms with Gasteiger partial charge in [0, 0.05) is 31.1 Å². The van der Waals surface area contributed by atoms with Gasteiger partial charge in [-0.25, -0.2) is 5.84 Å². The van der Waals surface area contributed by atoms with Gasteiger partial charge in [0.05, 0.1) is 13.0 Å². The molecule has 4 unspecified atom stereocenters. The van der Waals surface area contributed by atoms with Gasteiger partial charge >= 0.3 is 5.97 Å². The molecule has 1 amide bonds. The van der Waals surface area contributed by atoms with E-state index in [0.717, 1.165) is 51.9 Å². The maximum Gasteiger partial charge on any atom is 0.308 e. The summed E-state index contributed by atoms with van der Waals surface area (Å²) in [5.41, 5.74) is 4.92. The smallest absolute Gasteiger partial charge is 0.308 e. The Morgan fingerprint density at radius 2 is 1.28 bits per heavy atom. The first-order valence-electron chi connectivity index (χ1n) is 13.1. The molecule has 4 atom stereocenters. The molecule has 3 N–H and O–H groups in total. The van der Waals surface area contributed by atoms with Crippen molar-refractivity contribution in [3.63, 3.8) is 0 Å². The zero-order valence-corrected chi connectivity index (χ0v) is 21.9. The number of carbonyl (C=O) groups excluding carboxylic acids is 2. The molecule has 2 fully saturated rings. The highest BCUT2D eigenvalue weighted by Gasteiger charge is 2.30. The lowest BCUT2D eigenvalue weighted by molar-refractivity contribution is -0.147. The first-order chi connectivity index (χ1) is 17.4. The Morgan fingerprint density at radius 3 is 1.69 bits per heavy atom. The molecule has 36 heavy (non-hydrogen) atoms. The monoisotopic (exact) mass is 494 g/mol. The lowest BCUT2D eigenvalue weighted by atomic mass is 9.90. The summed E-state index contributed by atoms with van der Waals surface area (Å²) in [5, 5.41) is 0. The zero-order valence-electron chi connectivity index (χ0n) is 21.9. The predicted octanol–water partition coefficient (Wildman–Crippen LogP) is 3.74. The summed E-state index contributed by atoms with van der Waals surface area (Å²) in [4.78, 5) is 27.9. The summed E-state index contributed by atoms with van der Waals surface area (Å²) in [7, 11) is 1.48. The number of hydrazine groups is 1. The molecule has 0 saturated carbocycles. The minimum Gasteiger partial charge on any atom is -0.469 e. The molecule has 0 bridgehead atoms. The van der Waals surface area contributed by atoms with Gasteiger partial charge in [-0.2, -0.15) is 0 Å². The molecule has 2 aromatic rings. The van der Waals surface area contributed by atoms with E-state index in [1.165, 1.54) is 18.2 Å². The summed E-state index contributed by atoms with van der Waals surface area (Å²) in [6, 6.07) is 21.8. The van der Waals surface area contributed by atoms with E-state index < -0.39 is 0 Å². The topological polar surface area (TPSA) is 87.9 Å². The van der Waals surface area contributed by atoms with Crippen LogP contribution in [0, 0.1) is 11.8 Å². The maximum absolute atomic E-state index is 11.5. The van der Waals surface area contributed by atoms with Gasteiger partial charge in [-0.05, 0) is 63.7 Å². The fraction of sp³-hybridized carbons (Fsp3) is 0.517. The molecule has 0 spiro atoms.